The summed E-state index contributed by atoms with van der Waals surface area (Å²) in [4.78, 5) is 11.9. The molecule has 0 bridgehead atoms. The number of ether oxygens (including phenoxy) is 1. The standard InChI is InChI=1S/C13H15N5O2/c19-13(11-2-1-7-20-11)14-10-5-3-9(4-6-10)8-12-15-17-18-16-12/h3-6,11H,1-2,7-8H2,(H,14,19)(H,15,16,17,18)/t11-/m0/s1. The molecule has 1 aromatic carbocycles. The Labute approximate surface area is 115 Å². The van der Waals surface area contributed by atoms with Gasteiger partial charge in [0.15, 0.2) is 5.82 Å². The Hall–Kier alpha value is -2.28. The Balaban J connectivity index is 1.59. The lowest BCUT2D eigenvalue weighted by Gasteiger charge is -2.10. The number of carbonyl (C=O) groups excluding carboxylic acids is 1. The van der Waals surface area contributed by atoms with Crippen molar-refractivity contribution in [2.45, 2.75) is 25.4 Å². The largest absolute Gasteiger partial charge is 0.368 e. The molecule has 7 heteroatoms. The minimum atomic E-state index is -0.311. The lowest BCUT2D eigenvalue weighted by atomic mass is 10.1. The molecule has 104 valence electrons. The molecule has 1 amide bonds. The second kappa shape index (κ2) is 5.79. The van der Waals surface area contributed by atoms with Gasteiger partial charge in [-0.1, -0.05) is 17.3 Å². The summed E-state index contributed by atoms with van der Waals surface area (Å²) in [6, 6.07) is 7.59. The Kier molecular flexibility index (Phi) is 3.69. The third-order valence-electron chi connectivity index (χ3n) is 3.20. The van der Waals surface area contributed by atoms with Gasteiger partial charge in [-0.25, -0.2) is 0 Å². The molecule has 0 radical (unpaired) electrons. The van der Waals surface area contributed by atoms with E-state index in [1.54, 1.807) is 0 Å². The van der Waals surface area contributed by atoms with Gasteiger partial charge < -0.3 is 10.1 Å². The van der Waals surface area contributed by atoms with Crippen LogP contribution in [0.15, 0.2) is 24.3 Å². The summed E-state index contributed by atoms with van der Waals surface area (Å²) in [6.07, 6.45) is 2.04. The maximum atomic E-state index is 11.9. The summed E-state index contributed by atoms with van der Waals surface area (Å²) in [5.41, 5.74) is 1.82. The zero-order chi connectivity index (χ0) is 13.8. The number of aromatic amines is 1. The van der Waals surface area contributed by atoms with Gasteiger partial charge in [-0.3, -0.25) is 4.79 Å². The number of nitrogens with zero attached hydrogens (tertiary/aromatic N) is 3. The monoisotopic (exact) mass is 273 g/mol. The van der Waals surface area contributed by atoms with Crippen LogP contribution in [0.25, 0.3) is 0 Å². The molecule has 1 aliphatic rings. The number of benzene rings is 1. The van der Waals surface area contributed by atoms with Gasteiger partial charge in [0.05, 0.1) is 0 Å². The van der Waals surface area contributed by atoms with Gasteiger partial charge in [0, 0.05) is 18.7 Å². The predicted octanol–water partition coefficient (Wildman–Crippen LogP) is 0.908. The van der Waals surface area contributed by atoms with Crippen molar-refractivity contribution >= 4 is 11.6 Å². The van der Waals surface area contributed by atoms with Crippen molar-refractivity contribution in [3.8, 4) is 0 Å². The van der Waals surface area contributed by atoms with E-state index in [1.165, 1.54) is 0 Å². The number of hydrogen-bond donors (Lipinski definition) is 2. The number of aromatic nitrogens is 4. The van der Waals surface area contributed by atoms with E-state index in [2.05, 4.69) is 25.9 Å². The van der Waals surface area contributed by atoms with E-state index < -0.39 is 0 Å². The molecule has 0 aliphatic carbocycles. The molecule has 1 aliphatic heterocycles. The molecule has 1 atom stereocenters. The van der Waals surface area contributed by atoms with Crippen LogP contribution < -0.4 is 5.32 Å². The number of H-pyrrole nitrogens is 1. The number of tetrazole rings is 1. The van der Waals surface area contributed by atoms with Crippen LogP contribution in [0.1, 0.15) is 24.2 Å². The van der Waals surface area contributed by atoms with Crippen LogP contribution in [0.4, 0.5) is 5.69 Å². The van der Waals surface area contributed by atoms with Crippen molar-refractivity contribution < 1.29 is 9.53 Å². The Morgan fingerprint density at radius 3 is 2.90 bits per heavy atom. The Bertz CT molecular complexity index is 561. The van der Waals surface area contributed by atoms with Gasteiger partial charge in [0.1, 0.15) is 6.10 Å². The number of carbonyl (C=O) groups is 1. The van der Waals surface area contributed by atoms with Crippen molar-refractivity contribution in [1.29, 1.82) is 0 Å². The van der Waals surface area contributed by atoms with Gasteiger partial charge in [0.25, 0.3) is 5.91 Å². The van der Waals surface area contributed by atoms with Crippen LogP contribution in [0.2, 0.25) is 0 Å². The van der Waals surface area contributed by atoms with Crippen molar-refractivity contribution in [3.05, 3.63) is 35.7 Å². The van der Waals surface area contributed by atoms with E-state index in [4.69, 9.17) is 4.74 Å². The van der Waals surface area contributed by atoms with Gasteiger partial charge in [0.2, 0.25) is 0 Å². The molecule has 2 heterocycles. The highest BCUT2D eigenvalue weighted by Crippen LogP contribution is 2.16. The second-order valence-corrected chi connectivity index (χ2v) is 4.69. The first-order valence-electron chi connectivity index (χ1n) is 6.55. The van der Waals surface area contributed by atoms with Crippen LogP contribution >= 0.6 is 0 Å². The maximum absolute atomic E-state index is 11.9. The summed E-state index contributed by atoms with van der Waals surface area (Å²) in [6.45, 7) is 0.668. The first-order chi connectivity index (χ1) is 9.81. The molecule has 2 N–H and O–H groups in total. The average molecular weight is 273 g/mol. The lowest BCUT2D eigenvalue weighted by molar-refractivity contribution is -0.124. The highest BCUT2D eigenvalue weighted by Gasteiger charge is 2.23. The average Bonchev–Trinajstić information content (AvgIpc) is 3.13. The third-order valence-corrected chi connectivity index (χ3v) is 3.20. The third kappa shape index (κ3) is 3.00. The number of rotatable bonds is 4. The van der Waals surface area contributed by atoms with Crippen molar-refractivity contribution in [1.82, 2.24) is 20.6 Å². The molecule has 1 saturated heterocycles. The van der Waals surface area contributed by atoms with E-state index in [0.29, 0.717) is 18.9 Å². The van der Waals surface area contributed by atoms with Crippen molar-refractivity contribution in [2.75, 3.05) is 11.9 Å². The normalized spacial score (nSPS) is 18.1. The highest BCUT2D eigenvalue weighted by atomic mass is 16.5. The van der Waals surface area contributed by atoms with Crippen LogP contribution in [-0.2, 0) is 16.0 Å². The van der Waals surface area contributed by atoms with Crippen molar-refractivity contribution in [3.63, 3.8) is 0 Å². The van der Waals surface area contributed by atoms with E-state index in [1.807, 2.05) is 24.3 Å². The highest BCUT2D eigenvalue weighted by molar-refractivity contribution is 5.94. The smallest absolute Gasteiger partial charge is 0.253 e. The first-order valence-corrected chi connectivity index (χ1v) is 6.55. The first kappa shape index (κ1) is 12.7. The molecule has 0 spiro atoms. The minimum absolute atomic E-state index is 0.0755. The molecule has 1 aromatic heterocycles. The predicted molar refractivity (Wildman–Crippen MR) is 71.0 cm³/mol. The van der Waals surface area contributed by atoms with Crippen LogP contribution in [-0.4, -0.2) is 39.2 Å². The zero-order valence-corrected chi connectivity index (χ0v) is 10.9. The van der Waals surface area contributed by atoms with Gasteiger partial charge in [-0.15, -0.1) is 10.2 Å². The Morgan fingerprint density at radius 1 is 1.40 bits per heavy atom. The summed E-state index contributed by atoms with van der Waals surface area (Å²) in [7, 11) is 0. The van der Waals surface area contributed by atoms with Gasteiger partial charge in [-0.2, -0.15) is 5.21 Å². The number of nitrogens with one attached hydrogen (secondary N) is 2. The van der Waals surface area contributed by atoms with E-state index >= 15 is 0 Å². The molecule has 0 unspecified atom stereocenters. The van der Waals surface area contributed by atoms with Gasteiger partial charge >= 0.3 is 0 Å². The quantitative estimate of drug-likeness (QED) is 0.863. The summed E-state index contributed by atoms with van der Waals surface area (Å²) >= 11 is 0. The fraction of sp³-hybridized carbons (Fsp3) is 0.385. The van der Waals surface area contributed by atoms with E-state index in [-0.39, 0.29) is 12.0 Å². The number of hydrogen-bond acceptors (Lipinski definition) is 5. The molecule has 3 rings (SSSR count). The van der Waals surface area contributed by atoms with Crippen LogP contribution in [0.5, 0.6) is 0 Å². The fourth-order valence-electron chi connectivity index (χ4n) is 2.15. The molecule has 2 aromatic rings. The summed E-state index contributed by atoms with van der Waals surface area (Å²) in [5.74, 6) is 0.564. The molecule has 0 saturated carbocycles. The molecular formula is C13H15N5O2. The van der Waals surface area contributed by atoms with E-state index in [9.17, 15) is 4.79 Å². The minimum Gasteiger partial charge on any atom is -0.368 e. The number of amides is 1. The second-order valence-electron chi connectivity index (χ2n) is 4.69. The van der Waals surface area contributed by atoms with Crippen molar-refractivity contribution in [2.24, 2.45) is 0 Å². The molecular weight excluding hydrogens is 258 g/mol. The molecule has 7 nitrogen and oxygen atoms in total. The SMILES string of the molecule is O=C(Nc1ccc(Cc2nn[nH]n2)cc1)[C@@H]1CCCO1. The summed E-state index contributed by atoms with van der Waals surface area (Å²) < 4.78 is 5.34. The summed E-state index contributed by atoms with van der Waals surface area (Å²) in [5, 5.41) is 16.6. The maximum Gasteiger partial charge on any atom is 0.253 e. The van der Waals surface area contributed by atoms with Gasteiger partial charge in [-0.05, 0) is 30.5 Å². The number of anilines is 1. The zero-order valence-electron chi connectivity index (χ0n) is 10.9. The van der Waals surface area contributed by atoms with E-state index in [0.717, 1.165) is 24.1 Å². The Morgan fingerprint density at radius 2 is 2.25 bits per heavy atom. The lowest BCUT2D eigenvalue weighted by Crippen LogP contribution is -2.26. The molecule has 20 heavy (non-hydrogen) atoms. The van der Waals surface area contributed by atoms with Crippen LogP contribution in [0.3, 0.4) is 0 Å². The fourth-order valence-corrected chi connectivity index (χ4v) is 2.15. The molecule has 1 fully saturated rings. The van der Waals surface area contributed by atoms with Crippen LogP contribution in [0, 0.1) is 0 Å². The topological polar surface area (TPSA) is 92.8 Å².